The van der Waals surface area contributed by atoms with Crippen LogP contribution in [0.3, 0.4) is 0 Å². The van der Waals surface area contributed by atoms with Gasteiger partial charge in [-0.15, -0.1) is 0 Å². The second kappa shape index (κ2) is 6.25. The van der Waals surface area contributed by atoms with Gasteiger partial charge in [-0.25, -0.2) is 8.42 Å². The summed E-state index contributed by atoms with van der Waals surface area (Å²) in [6.07, 6.45) is 1.14. The number of anilines is 1. The van der Waals surface area contributed by atoms with Gasteiger partial charge in [0.1, 0.15) is 0 Å². The van der Waals surface area contributed by atoms with Crippen LogP contribution in [0.25, 0.3) is 11.1 Å². The standard InChI is InChI=1S/C19H18N2O4S/c22-18(19(23)21-15-7-8-26(24,25)11-15)20-14-5-6-17-13(10-14)9-12-3-1-2-4-16(12)17/h1-6,10,15H,7-9,11H2,(H,20,22)(H,21,23)/t15-/m0/s1. The minimum absolute atomic E-state index is 0.0466. The Kier molecular flexibility index (Phi) is 4.03. The first-order valence-electron chi connectivity index (χ1n) is 8.45. The van der Waals surface area contributed by atoms with E-state index in [1.807, 2.05) is 24.3 Å². The van der Waals surface area contributed by atoms with Crippen molar-refractivity contribution < 1.29 is 18.0 Å². The Bertz CT molecular complexity index is 1010. The van der Waals surface area contributed by atoms with Crippen LogP contribution in [0.15, 0.2) is 42.5 Å². The Morgan fingerprint density at radius 2 is 1.73 bits per heavy atom. The summed E-state index contributed by atoms with van der Waals surface area (Å²) in [7, 11) is -3.11. The van der Waals surface area contributed by atoms with Gasteiger partial charge in [0.15, 0.2) is 9.84 Å². The number of fused-ring (bicyclic) bond motifs is 3. The third-order valence-corrected chi connectivity index (χ3v) is 6.59. The lowest BCUT2D eigenvalue weighted by molar-refractivity contribution is -0.136. The molecule has 0 unspecified atom stereocenters. The molecule has 2 N–H and O–H groups in total. The SMILES string of the molecule is O=C(Nc1ccc2c(c1)Cc1ccccc1-2)C(=O)N[C@H]1CCS(=O)(=O)C1. The van der Waals surface area contributed by atoms with E-state index in [-0.39, 0.29) is 11.5 Å². The summed E-state index contributed by atoms with van der Waals surface area (Å²) in [6.45, 7) is 0. The molecule has 1 aliphatic heterocycles. The van der Waals surface area contributed by atoms with Gasteiger partial charge >= 0.3 is 11.8 Å². The first-order chi connectivity index (χ1) is 12.4. The fourth-order valence-electron chi connectivity index (χ4n) is 3.57. The molecule has 1 heterocycles. The molecule has 2 aliphatic rings. The molecular formula is C19H18N2O4S. The highest BCUT2D eigenvalue weighted by molar-refractivity contribution is 7.91. The third-order valence-electron chi connectivity index (χ3n) is 4.83. The van der Waals surface area contributed by atoms with Crippen molar-refractivity contribution in [3.05, 3.63) is 53.6 Å². The van der Waals surface area contributed by atoms with Gasteiger partial charge in [-0.3, -0.25) is 9.59 Å². The van der Waals surface area contributed by atoms with Gasteiger partial charge in [0.2, 0.25) is 0 Å². The first-order valence-corrected chi connectivity index (χ1v) is 10.3. The number of sulfone groups is 1. The molecule has 0 spiro atoms. The lowest BCUT2D eigenvalue weighted by Gasteiger charge is -2.11. The van der Waals surface area contributed by atoms with Gasteiger partial charge < -0.3 is 10.6 Å². The number of carbonyl (C=O) groups is 2. The van der Waals surface area contributed by atoms with Crippen LogP contribution in [-0.4, -0.2) is 37.8 Å². The van der Waals surface area contributed by atoms with Gasteiger partial charge in [0.25, 0.3) is 0 Å². The van der Waals surface area contributed by atoms with E-state index >= 15 is 0 Å². The minimum atomic E-state index is -3.11. The fraction of sp³-hybridized carbons (Fsp3) is 0.263. The van der Waals surface area contributed by atoms with Crippen molar-refractivity contribution in [2.24, 2.45) is 0 Å². The maximum atomic E-state index is 12.1. The van der Waals surface area contributed by atoms with Gasteiger partial charge in [0, 0.05) is 11.7 Å². The zero-order valence-electron chi connectivity index (χ0n) is 14.0. The highest BCUT2D eigenvalue weighted by Gasteiger charge is 2.30. The molecule has 1 atom stereocenters. The maximum absolute atomic E-state index is 12.1. The average molecular weight is 370 g/mol. The number of benzene rings is 2. The summed E-state index contributed by atoms with van der Waals surface area (Å²) in [5.41, 5.74) is 5.23. The molecule has 26 heavy (non-hydrogen) atoms. The second-order valence-electron chi connectivity index (χ2n) is 6.73. The number of hydrogen-bond acceptors (Lipinski definition) is 4. The Morgan fingerprint density at radius 1 is 0.962 bits per heavy atom. The Hall–Kier alpha value is -2.67. The first kappa shape index (κ1) is 16.8. The zero-order chi connectivity index (χ0) is 18.3. The third kappa shape index (κ3) is 3.22. The van der Waals surface area contributed by atoms with Crippen LogP contribution in [0.2, 0.25) is 0 Å². The average Bonchev–Trinajstić information content (AvgIpc) is 3.13. The van der Waals surface area contributed by atoms with Crippen molar-refractivity contribution in [2.75, 3.05) is 16.8 Å². The molecule has 134 valence electrons. The Balaban J connectivity index is 1.43. The topological polar surface area (TPSA) is 92.3 Å². The van der Waals surface area contributed by atoms with Gasteiger partial charge in [0.05, 0.1) is 11.5 Å². The molecular weight excluding hydrogens is 352 g/mol. The number of rotatable bonds is 2. The van der Waals surface area contributed by atoms with Crippen LogP contribution in [0.1, 0.15) is 17.5 Å². The fourth-order valence-corrected chi connectivity index (χ4v) is 5.24. The molecule has 1 saturated heterocycles. The van der Waals surface area contributed by atoms with Crippen LogP contribution in [0.4, 0.5) is 5.69 Å². The smallest absolute Gasteiger partial charge is 0.313 e. The highest BCUT2D eigenvalue weighted by atomic mass is 32.2. The maximum Gasteiger partial charge on any atom is 0.313 e. The molecule has 7 heteroatoms. The largest absolute Gasteiger partial charge is 0.344 e. The number of hydrogen-bond donors (Lipinski definition) is 2. The van der Waals surface area contributed by atoms with Crippen molar-refractivity contribution in [2.45, 2.75) is 18.9 Å². The zero-order valence-corrected chi connectivity index (χ0v) is 14.8. The predicted molar refractivity (Wildman–Crippen MR) is 98.5 cm³/mol. The van der Waals surface area contributed by atoms with Gasteiger partial charge in [-0.1, -0.05) is 30.3 Å². The van der Waals surface area contributed by atoms with Crippen LogP contribution in [0.5, 0.6) is 0 Å². The summed E-state index contributed by atoms with van der Waals surface area (Å²) < 4.78 is 22.9. The Morgan fingerprint density at radius 3 is 2.50 bits per heavy atom. The van der Waals surface area contributed by atoms with Crippen LogP contribution in [0, 0.1) is 0 Å². The van der Waals surface area contributed by atoms with Crippen molar-refractivity contribution in [1.82, 2.24) is 5.32 Å². The normalized spacial score (nSPS) is 19.5. The summed E-state index contributed by atoms with van der Waals surface area (Å²) >= 11 is 0. The van der Waals surface area contributed by atoms with E-state index in [0.717, 1.165) is 17.5 Å². The van der Waals surface area contributed by atoms with E-state index in [1.165, 1.54) is 11.1 Å². The van der Waals surface area contributed by atoms with E-state index in [4.69, 9.17) is 0 Å². The van der Waals surface area contributed by atoms with E-state index in [2.05, 4.69) is 22.8 Å². The monoisotopic (exact) mass is 370 g/mol. The molecule has 0 aromatic heterocycles. The lowest BCUT2D eigenvalue weighted by Crippen LogP contribution is -2.42. The summed E-state index contributed by atoms with van der Waals surface area (Å²) in [5.74, 6) is -1.66. The highest BCUT2D eigenvalue weighted by Crippen LogP contribution is 2.37. The molecule has 0 radical (unpaired) electrons. The van der Waals surface area contributed by atoms with E-state index in [1.54, 1.807) is 6.07 Å². The lowest BCUT2D eigenvalue weighted by atomic mass is 10.1. The molecule has 0 saturated carbocycles. The van der Waals surface area contributed by atoms with Crippen LogP contribution in [-0.2, 0) is 25.8 Å². The predicted octanol–water partition coefficient (Wildman–Crippen LogP) is 1.50. The van der Waals surface area contributed by atoms with Crippen molar-refractivity contribution in [3.8, 4) is 11.1 Å². The van der Waals surface area contributed by atoms with Crippen molar-refractivity contribution >= 4 is 27.3 Å². The molecule has 2 aromatic rings. The van der Waals surface area contributed by atoms with E-state index in [0.29, 0.717) is 12.1 Å². The molecule has 1 aliphatic carbocycles. The molecule has 1 fully saturated rings. The van der Waals surface area contributed by atoms with Crippen molar-refractivity contribution in [1.29, 1.82) is 0 Å². The van der Waals surface area contributed by atoms with Crippen LogP contribution < -0.4 is 10.6 Å². The molecule has 6 nitrogen and oxygen atoms in total. The van der Waals surface area contributed by atoms with Gasteiger partial charge in [-0.05, 0) is 47.2 Å². The van der Waals surface area contributed by atoms with Crippen LogP contribution >= 0.6 is 0 Å². The molecule has 2 aromatic carbocycles. The number of carbonyl (C=O) groups excluding carboxylic acids is 2. The summed E-state index contributed by atoms with van der Waals surface area (Å²) in [5, 5.41) is 5.08. The summed E-state index contributed by atoms with van der Waals surface area (Å²) in [6, 6.07) is 13.2. The Labute approximate surface area is 151 Å². The van der Waals surface area contributed by atoms with E-state index < -0.39 is 27.7 Å². The quantitative estimate of drug-likeness (QED) is 0.669. The van der Waals surface area contributed by atoms with E-state index in [9.17, 15) is 18.0 Å². The van der Waals surface area contributed by atoms with Crippen molar-refractivity contribution in [3.63, 3.8) is 0 Å². The van der Waals surface area contributed by atoms with Gasteiger partial charge in [-0.2, -0.15) is 0 Å². The number of nitrogens with one attached hydrogen (secondary N) is 2. The second-order valence-corrected chi connectivity index (χ2v) is 8.96. The number of amides is 2. The molecule has 4 rings (SSSR count). The molecule has 2 amide bonds. The minimum Gasteiger partial charge on any atom is -0.344 e. The molecule has 0 bridgehead atoms. The summed E-state index contributed by atoms with van der Waals surface area (Å²) in [4.78, 5) is 24.1.